The second-order valence-electron chi connectivity index (χ2n) is 8.60. The highest BCUT2D eigenvalue weighted by atomic mass is 19.1. The lowest BCUT2D eigenvalue weighted by atomic mass is 10.2. The van der Waals surface area contributed by atoms with E-state index in [2.05, 4.69) is 44.3 Å². The van der Waals surface area contributed by atoms with Crippen molar-refractivity contribution in [2.24, 2.45) is 0 Å². The number of rotatable bonds is 15. The molecule has 0 amide bonds. The Kier molecular flexibility index (Phi) is 10.7. The van der Waals surface area contributed by atoms with Crippen LogP contribution in [-0.2, 0) is 0 Å². The van der Waals surface area contributed by atoms with Crippen LogP contribution in [-0.4, -0.2) is 28.0 Å². The Labute approximate surface area is 207 Å². The molecule has 0 fully saturated rings. The predicted octanol–water partition coefficient (Wildman–Crippen LogP) is 7.60. The SMILES string of the molecule is CCCCCCN(CCCCCC)c1nc(Nc2ccccc2F)nc(Nc2ccccc2F)n1. The standard InChI is InChI=1S/C27H36F2N6/c1-3-5-7-13-19-35(20-14-8-6-4-2)27-33-25(30-23-17-11-9-15-21(23)28)32-26(34-27)31-24-18-12-10-16-22(24)29/h9-12,15-18H,3-8,13-14,19-20H2,1-2H3,(H2,30,31,32,33,34). The molecule has 0 radical (unpaired) electrons. The molecule has 0 aliphatic carbocycles. The van der Waals surface area contributed by atoms with E-state index in [1.54, 1.807) is 36.4 Å². The van der Waals surface area contributed by atoms with Crippen molar-refractivity contribution in [3.8, 4) is 0 Å². The third-order valence-corrected chi connectivity index (χ3v) is 5.71. The molecule has 0 bridgehead atoms. The molecule has 6 nitrogen and oxygen atoms in total. The normalized spacial score (nSPS) is 10.9. The van der Waals surface area contributed by atoms with Crippen LogP contribution in [0.2, 0.25) is 0 Å². The first-order chi connectivity index (χ1) is 17.1. The highest BCUT2D eigenvalue weighted by molar-refractivity contribution is 5.60. The maximum absolute atomic E-state index is 14.3. The third kappa shape index (κ3) is 8.46. The summed E-state index contributed by atoms with van der Waals surface area (Å²) >= 11 is 0. The zero-order valence-corrected chi connectivity index (χ0v) is 20.7. The van der Waals surface area contributed by atoms with Gasteiger partial charge in [-0.2, -0.15) is 15.0 Å². The van der Waals surface area contributed by atoms with Gasteiger partial charge < -0.3 is 15.5 Å². The molecule has 0 unspecified atom stereocenters. The molecule has 8 heteroatoms. The van der Waals surface area contributed by atoms with Crippen molar-refractivity contribution in [3.63, 3.8) is 0 Å². The molecule has 0 saturated carbocycles. The molecule has 0 saturated heterocycles. The fourth-order valence-electron chi connectivity index (χ4n) is 3.75. The number of nitrogens with one attached hydrogen (secondary N) is 2. The summed E-state index contributed by atoms with van der Waals surface area (Å²) in [5, 5.41) is 5.93. The van der Waals surface area contributed by atoms with Crippen molar-refractivity contribution in [2.75, 3.05) is 28.6 Å². The van der Waals surface area contributed by atoms with E-state index < -0.39 is 11.6 Å². The number of para-hydroxylation sites is 2. The van der Waals surface area contributed by atoms with Gasteiger partial charge in [0.2, 0.25) is 17.8 Å². The van der Waals surface area contributed by atoms with Gasteiger partial charge in [-0.1, -0.05) is 76.6 Å². The van der Waals surface area contributed by atoms with Crippen molar-refractivity contribution >= 4 is 29.2 Å². The van der Waals surface area contributed by atoms with Gasteiger partial charge in [0.15, 0.2) is 0 Å². The van der Waals surface area contributed by atoms with Gasteiger partial charge in [0.1, 0.15) is 11.6 Å². The maximum atomic E-state index is 14.3. The highest BCUT2D eigenvalue weighted by Gasteiger charge is 2.16. The Morgan fingerprint density at radius 2 is 1.09 bits per heavy atom. The van der Waals surface area contributed by atoms with Crippen LogP contribution in [0.25, 0.3) is 0 Å². The molecule has 3 rings (SSSR count). The molecular formula is C27H36F2N6. The summed E-state index contributed by atoms with van der Waals surface area (Å²) in [5.41, 5.74) is 0.526. The van der Waals surface area contributed by atoms with E-state index in [4.69, 9.17) is 0 Å². The van der Waals surface area contributed by atoms with Crippen LogP contribution < -0.4 is 15.5 Å². The number of unbranched alkanes of at least 4 members (excludes halogenated alkanes) is 6. The fourth-order valence-corrected chi connectivity index (χ4v) is 3.75. The number of aromatic nitrogens is 3. The number of halogens is 2. The zero-order valence-electron chi connectivity index (χ0n) is 20.7. The second kappa shape index (κ2) is 14.2. The first kappa shape index (κ1) is 26.3. The summed E-state index contributed by atoms with van der Waals surface area (Å²) in [5.74, 6) is 0.0749. The van der Waals surface area contributed by atoms with Crippen LogP contribution in [0.4, 0.5) is 38.0 Å². The molecular weight excluding hydrogens is 446 g/mol. The minimum Gasteiger partial charge on any atom is -0.341 e. The van der Waals surface area contributed by atoms with Crippen molar-refractivity contribution < 1.29 is 8.78 Å². The number of anilines is 5. The first-order valence-corrected chi connectivity index (χ1v) is 12.6. The van der Waals surface area contributed by atoms with Crippen molar-refractivity contribution in [1.29, 1.82) is 0 Å². The smallest absolute Gasteiger partial charge is 0.233 e. The van der Waals surface area contributed by atoms with E-state index in [0.29, 0.717) is 5.95 Å². The van der Waals surface area contributed by atoms with E-state index in [0.717, 1.165) is 51.6 Å². The minimum absolute atomic E-state index is 0.200. The van der Waals surface area contributed by atoms with Crippen molar-refractivity contribution in [2.45, 2.75) is 65.2 Å². The molecule has 1 heterocycles. The predicted molar refractivity (Wildman–Crippen MR) is 140 cm³/mol. The van der Waals surface area contributed by atoms with Crippen LogP contribution >= 0.6 is 0 Å². The van der Waals surface area contributed by atoms with Gasteiger partial charge in [-0.3, -0.25) is 0 Å². The largest absolute Gasteiger partial charge is 0.341 e. The molecule has 0 atom stereocenters. The van der Waals surface area contributed by atoms with Crippen LogP contribution in [0.15, 0.2) is 48.5 Å². The van der Waals surface area contributed by atoms with E-state index in [1.807, 2.05) is 0 Å². The number of hydrogen-bond donors (Lipinski definition) is 2. The molecule has 2 N–H and O–H groups in total. The van der Waals surface area contributed by atoms with Gasteiger partial charge >= 0.3 is 0 Å². The Balaban J connectivity index is 1.91. The molecule has 188 valence electrons. The van der Waals surface area contributed by atoms with Crippen LogP contribution in [0.3, 0.4) is 0 Å². The third-order valence-electron chi connectivity index (χ3n) is 5.71. The second-order valence-corrected chi connectivity index (χ2v) is 8.60. The average molecular weight is 483 g/mol. The van der Waals surface area contributed by atoms with Gasteiger partial charge in [-0.15, -0.1) is 0 Å². The van der Waals surface area contributed by atoms with E-state index in [-0.39, 0.29) is 23.3 Å². The zero-order chi connectivity index (χ0) is 24.9. The first-order valence-electron chi connectivity index (χ1n) is 12.6. The van der Waals surface area contributed by atoms with E-state index in [1.165, 1.54) is 25.0 Å². The van der Waals surface area contributed by atoms with Gasteiger partial charge in [-0.25, -0.2) is 8.78 Å². The molecule has 0 aliphatic heterocycles. The number of hydrogen-bond acceptors (Lipinski definition) is 6. The summed E-state index contributed by atoms with van der Waals surface area (Å²) in [6.45, 7) is 6.01. The Hall–Kier alpha value is -3.29. The Morgan fingerprint density at radius 1 is 0.629 bits per heavy atom. The average Bonchev–Trinajstić information content (AvgIpc) is 2.86. The Morgan fingerprint density at radius 3 is 1.51 bits per heavy atom. The van der Waals surface area contributed by atoms with Gasteiger partial charge in [0, 0.05) is 13.1 Å². The summed E-state index contributed by atoms with van der Waals surface area (Å²) in [4.78, 5) is 15.8. The fraction of sp³-hybridized carbons (Fsp3) is 0.444. The molecule has 0 spiro atoms. The molecule has 1 aromatic heterocycles. The summed E-state index contributed by atoms with van der Waals surface area (Å²) in [6.07, 6.45) is 9.01. The van der Waals surface area contributed by atoms with Gasteiger partial charge in [0.25, 0.3) is 0 Å². The lowest BCUT2D eigenvalue weighted by Gasteiger charge is -2.24. The van der Waals surface area contributed by atoms with Gasteiger partial charge in [-0.05, 0) is 37.1 Å². The topological polar surface area (TPSA) is 66.0 Å². The highest BCUT2D eigenvalue weighted by Crippen LogP contribution is 2.23. The van der Waals surface area contributed by atoms with Crippen molar-refractivity contribution in [3.05, 3.63) is 60.2 Å². The van der Waals surface area contributed by atoms with Crippen LogP contribution in [0, 0.1) is 11.6 Å². The lowest BCUT2D eigenvalue weighted by molar-refractivity contribution is 0.601. The molecule has 0 aliphatic rings. The molecule has 35 heavy (non-hydrogen) atoms. The quantitative estimate of drug-likeness (QED) is 0.217. The van der Waals surface area contributed by atoms with Crippen LogP contribution in [0.5, 0.6) is 0 Å². The lowest BCUT2D eigenvalue weighted by Crippen LogP contribution is -2.28. The van der Waals surface area contributed by atoms with E-state index >= 15 is 0 Å². The summed E-state index contributed by atoms with van der Waals surface area (Å²) in [7, 11) is 0. The summed E-state index contributed by atoms with van der Waals surface area (Å²) in [6, 6.07) is 12.7. The number of nitrogens with zero attached hydrogens (tertiary/aromatic N) is 4. The Bertz CT molecular complexity index is 968. The minimum atomic E-state index is -0.408. The monoisotopic (exact) mass is 482 g/mol. The van der Waals surface area contributed by atoms with Gasteiger partial charge in [0.05, 0.1) is 11.4 Å². The number of benzene rings is 2. The molecule has 2 aromatic carbocycles. The summed E-state index contributed by atoms with van der Waals surface area (Å²) < 4.78 is 28.6. The maximum Gasteiger partial charge on any atom is 0.233 e. The van der Waals surface area contributed by atoms with Crippen molar-refractivity contribution in [1.82, 2.24) is 15.0 Å². The molecule has 3 aromatic rings. The van der Waals surface area contributed by atoms with Crippen LogP contribution in [0.1, 0.15) is 65.2 Å². The van der Waals surface area contributed by atoms with E-state index in [9.17, 15) is 8.78 Å².